The molecule has 2 aromatic carbocycles. The van der Waals surface area contributed by atoms with Gasteiger partial charge in [-0.05, 0) is 30.3 Å². The average molecular weight is 454 g/mol. The minimum atomic E-state index is -0.704. The van der Waals surface area contributed by atoms with Gasteiger partial charge in [0.1, 0.15) is 6.33 Å². The Morgan fingerprint density at radius 3 is 2.45 bits per heavy atom. The van der Waals surface area contributed by atoms with Gasteiger partial charge in [0.05, 0.1) is 26.2 Å². The zero-order chi connectivity index (χ0) is 21.0. The molecule has 0 aliphatic carbocycles. The number of nitro groups is 1. The molecule has 1 amide bonds. The van der Waals surface area contributed by atoms with Crippen LogP contribution in [0.4, 0.5) is 23.0 Å². The van der Waals surface area contributed by atoms with Crippen LogP contribution in [-0.2, 0) is 0 Å². The Bertz CT molecular complexity index is 1100. The molecule has 0 aliphatic rings. The second-order valence-electron chi connectivity index (χ2n) is 5.48. The molecule has 0 fully saturated rings. The van der Waals surface area contributed by atoms with Crippen LogP contribution in [0.1, 0.15) is 10.4 Å². The fourth-order valence-corrected chi connectivity index (χ4v) is 2.84. The van der Waals surface area contributed by atoms with Crippen molar-refractivity contribution in [1.82, 2.24) is 15.4 Å². The van der Waals surface area contributed by atoms with Gasteiger partial charge in [0, 0.05) is 5.02 Å². The highest BCUT2D eigenvalue weighted by Crippen LogP contribution is 2.34. The van der Waals surface area contributed by atoms with Crippen molar-refractivity contribution in [2.24, 2.45) is 0 Å². The van der Waals surface area contributed by atoms with Crippen molar-refractivity contribution in [1.29, 1.82) is 0 Å². The molecule has 0 saturated carbocycles. The zero-order valence-corrected chi connectivity index (χ0v) is 16.6. The lowest BCUT2D eigenvalue weighted by molar-refractivity contribution is -0.383. The number of carbonyl (C=O) groups is 1. The first-order valence-corrected chi connectivity index (χ1v) is 9.02. The van der Waals surface area contributed by atoms with Gasteiger partial charge in [-0.3, -0.25) is 25.8 Å². The lowest BCUT2D eigenvalue weighted by Gasteiger charge is -2.12. The van der Waals surface area contributed by atoms with E-state index in [9.17, 15) is 14.9 Å². The average Bonchev–Trinajstić information content (AvgIpc) is 2.69. The molecule has 1 aromatic heterocycles. The Labute approximate surface area is 179 Å². The molecule has 0 aliphatic heterocycles. The number of anilines is 3. The standard InChI is InChI=1S/C17H11Cl3N6O3/c18-9-5-6-12(20)13(7-9)23-15-14(26(28)29)16(22-8-21-15)24-25-17(27)10-3-1-2-4-11(10)19/h1-8H,(H,25,27)(H2,21,22,23,24). The van der Waals surface area contributed by atoms with Crippen molar-refractivity contribution < 1.29 is 9.72 Å². The van der Waals surface area contributed by atoms with E-state index in [4.69, 9.17) is 34.8 Å². The minimum absolute atomic E-state index is 0.149. The number of nitrogens with one attached hydrogen (secondary N) is 3. The molecule has 0 atom stereocenters. The van der Waals surface area contributed by atoms with Gasteiger partial charge in [-0.25, -0.2) is 9.97 Å². The first-order chi connectivity index (χ1) is 13.9. The number of halogens is 3. The van der Waals surface area contributed by atoms with Crippen molar-refractivity contribution in [3.8, 4) is 0 Å². The van der Waals surface area contributed by atoms with Crippen LogP contribution in [0, 0.1) is 10.1 Å². The number of amides is 1. The summed E-state index contributed by atoms with van der Waals surface area (Å²) in [5.74, 6) is -0.995. The third-order valence-electron chi connectivity index (χ3n) is 3.60. The Morgan fingerprint density at radius 2 is 1.72 bits per heavy atom. The molecule has 3 rings (SSSR count). The third-order valence-corrected chi connectivity index (χ3v) is 4.49. The van der Waals surface area contributed by atoms with Crippen LogP contribution in [-0.4, -0.2) is 20.8 Å². The van der Waals surface area contributed by atoms with Gasteiger partial charge in [0.15, 0.2) is 0 Å². The Hall–Kier alpha value is -3.14. The summed E-state index contributed by atoms with van der Waals surface area (Å²) in [6.07, 6.45) is 1.08. The van der Waals surface area contributed by atoms with Gasteiger partial charge in [-0.15, -0.1) is 0 Å². The topological polar surface area (TPSA) is 122 Å². The fraction of sp³-hybridized carbons (Fsp3) is 0. The predicted molar refractivity (Wildman–Crippen MR) is 111 cm³/mol. The quantitative estimate of drug-likeness (QED) is 0.360. The lowest BCUT2D eigenvalue weighted by atomic mass is 10.2. The van der Waals surface area contributed by atoms with Crippen LogP contribution < -0.4 is 16.2 Å². The van der Waals surface area contributed by atoms with E-state index in [1.807, 2.05) is 0 Å². The van der Waals surface area contributed by atoms with E-state index in [0.717, 1.165) is 6.33 Å². The molecular formula is C17H11Cl3N6O3. The van der Waals surface area contributed by atoms with E-state index in [1.165, 1.54) is 18.2 Å². The number of carbonyl (C=O) groups excluding carboxylic acids is 1. The second-order valence-corrected chi connectivity index (χ2v) is 6.74. The number of benzene rings is 2. The van der Waals surface area contributed by atoms with Crippen molar-refractivity contribution in [3.05, 3.63) is 79.5 Å². The van der Waals surface area contributed by atoms with E-state index in [1.54, 1.807) is 24.3 Å². The largest absolute Gasteiger partial charge is 0.355 e. The molecule has 3 aromatic rings. The molecule has 0 saturated heterocycles. The van der Waals surface area contributed by atoms with Gasteiger partial charge in [0.25, 0.3) is 5.91 Å². The first kappa shape index (κ1) is 20.6. The van der Waals surface area contributed by atoms with Crippen LogP contribution in [0.2, 0.25) is 15.1 Å². The number of hydrazine groups is 1. The van der Waals surface area contributed by atoms with Crippen molar-refractivity contribution >= 4 is 63.7 Å². The normalized spacial score (nSPS) is 10.3. The summed E-state index contributed by atoms with van der Waals surface area (Å²) in [5, 5.41) is 15.2. The highest BCUT2D eigenvalue weighted by Gasteiger charge is 2.24. The molecule has 3 N–H and O–H groups in total. The maximum atomic E-state index is 12.3. The molecule has 9 nitrogen and oxygen atoms in total. The highest BCUT2D eigenvalue weighted by molar-refractivity contribution is 6.35. The first-order valence-electron chi connectivity index (χ1n) is 7.89. The lowest BCUT2D eigenvalue weighted by Crippen LogP contribution is -2.30. The predicted octanol–water partition coefficient (Wildman–Crippen LogP) is 4.85. The molecule has 0 radical (unpaired) electrons. The van der Waals surface area contributed by atoms with Gasteiger partial charge in [-0.1, -0.05) is 46.9 Å². The maximum absolute atomic E-state index is 12.3. The number of nitrogens with zero attached hydrogens (tertiary/aromatic N) is 3. The van der Waals surface area contributed by atoms with E-state index in [2.05, 4.69) is 26.1 Å². The summed E-state index contributed by atoms with van der Waals surface area (Å²) in [5.41, 5.74) is 4.73. The number of hydrogen-bond acceptors (Lipinski definition) is 7. The van der Waals surface area contributed by atoms with Crippen molar-refractivity contribution in [2.45, 2.75) is 0 Å². The highest BCUT2D eigenvalue weighted by atomic mass is 35.5. The summed E-state index contributed by atoms with van der Waals surface area (Å²) in [4.78, 5) is 30.9. The smallest absolute Gasteiger partial charge is 0.333 e. The molecular weight excluding hydrogens is 443 g/mol. The van der Waals surface area contributed by atoms with Crippen molar-refractivity contribution in [2.75, 3.05) is 10.7 Å². The van der Waals surface area contributed by atoms with Crippen LogP contribution in [0.15, 0.2) is 48.8 Å². The molecule has 0 unspecified atom stereocenters. The second kappa shape index (κ2) is 8.91. The zero-order valence-electron chi connectivity index (χ0n) is 14.3. The summed E-state index contributed by atoms with van der Waals surface area (Å²) >= 11 is 18.0. The van der Waals surface area contributed by atoms with E-state index < -0.39 is 16.5 Å². The summed E-state index contributed by atoms with van der Waals surface area (Å²) in [6, 6.07) is 10.9. The van der Waals surface area contributed by atoms with Crippen LogP contribution in [0.25, 0.3) is 0 Å². The Kier molecular flexibility index (Phi) is 6.32. The third kappa shape index (κ3) is 4.83. The Morgan fingerprint density at radius 1 is 1.00 bits per heavy atom. The van der Waals surface area contributed by atoms with Gasteiger partial charge in [-0.2, -0.15) is 0 Å². The molecule has 0 bridgehead atoms. The SMILES string of the molecule is O=C(NNc1ncnc(Nc2cc(Cl)ccc2Cl)c1[N+](=O)[O-])c1ccccc1Cl. The van der Waals surface area contributed by atoms with E-state index in [-0.39, 0.29) is 27.2 Å². The van der Waals surface area contributed by atoms with E-state index in [0.29, 0.717) is 10.7 Å². The number of hydrogen-bond donors (Lipinski definition) is 3. The molecule has 0 spiro atoms. The van der Waals surface area contributed by atoms with Crippen LogP contribution >= 0.6 is 34.8 Å². The van der Waals surface area contributed by atoms with Crippen LogP contribution in [0.5, 0.6) is 0 Å². The fourth-order valence-electron chi connectivity index (χ4n) is 2.28. The summed E-state index contributed by atoms with van der Waals surface area (Å²) < 4.78 is 0. The minimum Gasteiger partial charge on any atom is -0.333 e. The summed E-state index contributed by atoms with van der Waals surface area (Å²) in [7, 11) is 0. The van der Waals surface area contributed by atoms with E-state index >= 15 is 0 Å². The molecule has 1 heterocycles. The monoisotopic (exact) mass is 452 g/mol. The molecule has 12 heteroatoms. The van der Waals surface area contributed by atoms with Gasteiger partial charge in [0.2, 0.25) is 11.6 Å². The van der Waals surface area contributed by atoms with Gasteiger partial charge < -0.3 is 5.32 Å². The van der Waals surface area contributed by atoms with Gasteiger partial charge >= 0.3 is 5.69 Å². The van der Waals surface area contributed by atoms with Crippen molar-refractivity contribution in [3.63, 3.8) is 0 Å². The summed E-state index contributed by atoms with van der Waals surface area (Å²) in [6.45, 7) is 0. The molecule has 29 heavy (non-hydrogen) atoms. The number of rotatable bonds is 6. The molecule has 148 valence electrons. The Balaban J connectivity index is 1.87. The number of aromatic nitrogens is 2. The van der Waals surface area contributed by atoms with Crippen LogP contribution in [0.3, 0.4) is 0 Å². The maximum Gasteiger partial charge on any atom is 0.355 e.